The number of ether oxygens (including phenoxy) is 3. The number of rotatable bonds is 9. The quantitative estimate of drug-likeness (QED) is 0.490. The molecule has 12 heteroatoms. The standard InChI is InChI=1S/C26H34F3N3O5S/c1-35-23-11-10-20(18-24(23)36-2)38(33,34)30-25(12-6-3-7-13-25)32-16-14-31(15-17-32)21-8-4-5-9-22(21)37-19-26(27,28)29/h4-5,8-11,18,30H,3,6-7,12-17,19H2,1-2H3. The Kier molecular flexibility index (Phi) is 8.63. The first-order chi connectivity index (χ1) is 18.1. The number of alkyl halides is 3. The van der Waals surface area contributed by atoms with Crippen molar-refractivity contribution in [2.24, 2.45) is 0 Å². The Balaban J connectivity index is 1.51. The van der Waals surface area contributed by atoms with E-state index in [1.54, 1.807) is 24.3 Å². The van der Waals surface area contributed by atoms with Crippen LogP contribution in [0.25, 0.3) is 0 Å². The minimum atomic E-state index is -4.43. The summed E-state index contributed by atoms with van der Waals surface area (Å²) in [6.07, 6.45) is -0.269. The Labute approximate surface area is 221 Å². The van der Waals surface area contributed by atoms with Gasteiger partial charge in [0.25, 0.3) is 0 Å². The van der Waals surface area contributed by atoms with Crippen molar-refractivity contribution in [2.75, 3.05) is 51.9 Å². The number of hydrogen-bond donors (Lipinski definition) is 1. The highest BCUT2D eigenvalue weighted by Gasteiger charge is 2.43. The molecule has 1 aliphatic heterocycles. The molecule has 1 heterocycles. The Morgan fingerprint density at radius 1 is 0.895 bits per heavy atom. The number of anilines is 1. The monoisotopic (exact) mass is 557 g/mol. The zero-order valence-corrected chi connectivity index (χ0v) is 22.4. The molecular weight excluding hydrogens is 523 g/mol. The third-order valence-corrected chi connectivity index (χ3v) is 8.68. The van der Waals surface area contributed by atoms with Crippen LogP contribution < -0.4 is 23.8 Å². The van der Waals surface area contributed by atoms with Gasteiger partial charge in [0.1, 0.15) is 5.75 Å². The fourth-order valence-electron chi connectivity index (χ4n) is 5.29. The van der Waals surface area contributed by atoms with Crippen molar-refractivity contribution in [3.8, 4) is 17.2 Å². The number of hydrogen-bond acceptors (Lipinski definition) is 7. The summed E-state index contributed by atoms with van der Waals surface area (Å²) in [7, 11) is -0.944. The van der Waals surface area contributed by atoms with Gasteiger partial charge in [-0.2, -0.15) is 17.9 Å². The average molecular weight is 558 g/mol. The normalized spacial score (nSPS) is 18.7. The lowest BCUT2D eigenvalue weighted by Crippen LogP contribution is -2.65. The van der Waals surface area contributed by atoms with Gasteiger partial charge in [0, 0.05) is 32.2 Å². The van der Waals surface area contributed by atoms with Gasteiger partial charge in [-0.25, -0.2) is 8.42 Å². The summed E-state index contributed by atoms with van der Waals surface area (Å²) in [5.74, 6) is 0.947. The maximum Gasteiger partial charge on any atom is 0.422 e. The van der Waals surface area contributed by atoms with Crippen LogP contribution in [0.5, 0.6) is 17.2 Å². The Bertz CT molecular complexity index is 1190. The lowest BCUT2D eigenvalue weighted by atomic mass is 9.88. The summed E-state index contributed by atoms with van der Waals surface area (Å²) >= 11 is 0. The number of benzene rings is 2. The van der Waals surface area contributed by atoms with E-state index in [4.69, 9.17) is 14.2 Å². The van der Waals surface area contributed by atoms with Gasteiger partial charge < -0.3 is 19.1 Å². The molecule has 1 saturated carbocycles. The van der Waals surface area contributed by atoms with Crippen molar-refractivity contribution in [3.05, 3.63) is 42.5 Å². The zero-order chi connectivity index (χ0) is 27.4. The van der Waals surface area contributed by atoms with Crippen LogP contribution in [-0.2, 0) is 10.0 Å². The number of halogens is 3. The van der Waals surface area contributed by atoms with Crippen LogP contribution in [0.4, 0.5) is 18.9 Å². The fourth-order valence-corrected chi connectivity index (χ4v) is 6.75. The highest BCUT2D eigenvalue weighted by atomic mass is 32.2. The zero-order valence-electron chi connectivity index (χ0n) is 21.6. The first-order valence-electron chi connectivity index (χ1n) is 12.6. The minimum absolute atomic E-state index is 0.0921. The van der Waals surface area contributed by atoms with Crippen LogP contribution in [-0.4, -0.2) is 72.2 Å². The topological polar surface area (TPSA) is 80.3 Å². The molecular formula is C26H34F3N3O5S. The van der Waals surface area contributed by atoms with Crippen molar-refractivity contribution in [1.82, 2.24) is 9.62 Å². The Morgan fingerprint density at radius 2 is 1.55 bits per heavy atom. The van der Waals surface area contributed by atoms with E-state index in [1.807, 2.05) is 4.90 Å². The molecule has 0 spiro atoms. The van der Waals surface area contributed by atoms with Gasteiger partial charge >= 0.3 is 6.18 Å². The maximum absolute atomic E-state index is 13.5. The molecule has 1 aliphatic carbocycles. The van der Waals surface area contributed by atoms with Crippen LogP contribution in [0.3, 0.4) is 0 Å². The van der Waals surface area contributed by atoms with Crippen LogP contribution in [0, 0.1) is 0 Å². The van der Waals surface area contributed by atoms with Gasteiger partial charge in [0.15, 0.2) is 18.1 Å². The molecule has 0 amide bonds. The van der Waals surface area contributed by atoms with Crippen molar-refractivity contribution >= 4 is 15.7 Å². The lowest BCUT2D eigenvalue weighted by Gasteiger charge is -2.50. The summed E-state index contributed by atoms with van der Waals surface area (Å²) in [5, 5.41) is 0. The van der Waals surface area contributed by atoms with Crippen molar-refractivity contribution in [3.63, 3.8) is 0 Å². The molecule has 4 rings (SSSR count). The first-order valence-corrected chi connectivity index (χ1v) is 14.1. The number of nitrogens with zero attached hydrogens (tertiary/aromatic N) is 2. The van der Waals surface area contributed by atoms with Crippen LogP contribution in [0.1, 0.15) is 32.1 Å². The number of nitrogens with one attached hydrogen (secondary N) is 1. The third-order valence-electron chi connectivity index (χ3n) is 7.15. The molecule has 1 N–H and O–H groups in total. The summed E-state index contributed by atoms with van der Waals surface area (Å²) in [6, 6.07) is 11.2. The molecule has 0 radical (unpaired) electrons. The first kappa shape index (κ1) is 28.3. The molecule has 2 aromatic rings. The van der Waals surface area contributed by atoms with E-state index in [1.165, 1.54) is 32.4 Å². The van der Waals surface area contributed by atoms with Crippen LogP contribution in [0.2, 0.25) is 0 Å². The minimum Gasteiger partial charge on any atom is -0.493 e. The maximum atomic E-state index is 13.5. The van der Waals surface area contributed by atoms with E-state index >= 15 is 0 Å². The summed E-state index contributed by atoms with van der Waals surface area (Å²) in [4.78, 5) is 4.25. The summed E-state index contributed by atoms with van der Waals surface area (Å²) < 4.78 is 83.9. The summed E-state index contributed by atoms with van der Waals surface area (Å²) in [6.45, 7) is 0.771. The number of sulfonamides is 1. The van der Waals surface area contributed by atoms with Gasteiger partial charge in [-0.1, -0.05) is 31.4 Å². The van der Waals surface area contributed by atoms with E-state index in [9.17, 15) is 21.6 Å². The molecule has 2 aromatic carbocycles. The number of para-hydroxylation sites is 2. The van der Waals surface area contributed by atoms with Crippen molar-refractivity contribution < 1.29 is 35.8 Å². The molecule has 8 nitrogen and oxygen atoms in total. The largest absolute Gasteiger partial charge is 0.493 e. The molecule has 2 fully saturated rings. The van der Waals surface area contributed by atoms with Crippen LogP contribution in [0.15, 0.2) is 47.4 Å². The van der Waals surface area contributed by atoms with Crippen LogP contribution >= 0.6 is 0 Å². The van der Waals surface area contributed by atoms with Gasteiger partial charge in [0.05, 0.1) is 30.5 Å². The molecule has 210 valence electrons. The van der Waals surface area contributed by atoms with E-state index in [-0.39, 0.29) is 10.6 Å². The smallest absolute Gasteiger partial charge is 0.422 e. The van der Waals surface area contributed by atoms with Gasteiger partial charge in [-0.15, -0.1) is 0 Å². The molecule has 2 aliphatic rings. The molecule has 38 heavy (non-hydrogen) atoms. The Hall–Kier alpha value is -2.70. The van der Waals surface area contributed by atoms with Gasteiger partial charge in [-0.3, -0.25) is 4.90 Å². The van der Waals surface area contributed by atoms with E-state index in [0.29, 0.717) is 56.2 Å². The molecule has 0 atom stereocenters. The predicted octanol–water partition coefficient (Wildman–Crippen LogP) is 4.41. The van der Waals surface area contributed by atoms with Crippen molar-refractivity contribution in [1.29, 1.82) is 0 Å². The average Bonchev–Trinajstić information content (AvgIpc) is 2.91. The third kappa shape index (κ3) is 6.47. The van der Waals surface area contributed by atoms with Gasteiger partial charge in [0.2, 0.25) is 10.0 Å². The highest BCUT2D eigenvalue weighted by molar-refractivity contribution is 7.89. The van der Waals surface area contributed by atoms with E-state index in [0.717, 1.165) is 19.3 Å². The number of methoxy groups -OCH3 is 2. The summed E-state index contributed by atoms with van der Waals surface area (Å²) in [5.41, 5.74) is -0.150. The van der Waals surface area contributed by atoms with Crippen molar-refractivity contribution in [2.45, 2.75) is 48.8 Å². The van der Waals surface area contributed by atoms with E-state index < -0.39 is 28.5 Å². The molecule has 0 bridgehead atoms. The highest BCUT2D eigenvalue weighted by Crippen LogP contribution is 2.37. The second-order valence-electron chi connectivity index (χ2n) is 9.56. The molecule has 0 unspecified atom stereocenters. The fraction of sp³-hybridized carbons (Fsp3) is 0.538. The SMILES string of the molecule is COc1ccc(S(=O)(=O)NC2(N3CCN(c4ccccc4OCC(F)(F)F)CC3)CCCCC2)cc1OC. The van der Waals surface area contributed by atoms with E-state index in [2.05, 4.69) is 9.62 Å². The molecule has 1 saturated heterocycles. The number of piperazine rings is 1. The second kappa shape index (κ2) is 11.6. The Morgan fingerprint density at radius 3 is 2.18 bits per heavy atom. The molecule has 0 aromatic heterocycles. The van der Waals surface area contributed by atoms with Gasteiger partial charge in [-0.05, 0) is 37.1 Å². The predicted molar refractivity (Wildman–Crippen MR) is 137 cm³/mol. The second-order valence-corrected chi connectivity index (χ2v) is 11.2. The lowest BCUT2D eigenvalue weighted by molar-refractivity contribution is -0.153.